The van der Waals surface area contributed by atoms with Gasteiger partial charge in [0.2, 0.25) is 5.91 Å². The molecule has 142 valence electrons. The Morgan fingerprint density at radius 2 is 1.76 bits per heavy atom. The molecule has 3 N–H and O–H groups in total. The first kappa shape index (κ1) is 22.2. The summed E-state index contributed by atoms with van der Waals surface area (Å²) >= 11 is 0. The number of benzene rings is 1. The molecule has 1 heterocycles. The Morgan fingerprint density at radius 1 is 1.08 bits per heavy atom. The van der Waals surface area contributed by atoms with Crippen LogP contribution in [0, 0.1) is 5.92 Å². The van der Waals surface area contributed by atoms with E-state index in [1.807, 2.05) is 0 Å². The molecule has 1 saturated carbocycles. The number of halogens is 2. The van der Waals surface area contributed by atoms with Gasteiger partial charge in [-0.3, -0.25) is 9.69 Å². The first-order chi connectivity index (χ1) is 11.2. The average molecular weight is 388 g/mol. The van der Waals surface area contributed by atoms with E-state index in [2.05, 4.69) is 40.5 Å². The molecule has 4 nitrogen and oxygen atoms in total. The number of likely N-dealkylation sites (tertiary alicyclic amines) is 1. The van der Waals surface area contributed by atoms with Crippen LogP contribution in [0.2, 0.25) is 0 Å². The molecule has 0 radical (unpaired) electrons. The predicted molar refractivity (Wildman–Crippen MR) is 107 cm³/mol. The minimum Gasteiger partial charge on any atom is -0.353 e. The number of hydrogen-bond donors (Lipinski definition) is 2. The zero-order chi connectivity index (χ0) is 16.1. The summed E-state index contributed by atoms with van der Waals surface area (Å²) in [6, 6.07) is 11.2. The summed E-state index contributed by atoms with van der Waals surface area (Å²) in [5.74, 6) is 0.599. The molecular weight excluding hydrogens is 357 g/mol. The molecule has 25 heavy (non-hydrogen) atoms. The van der Waals surface area contributed by atoms with Crippen LogP contribution in [0.15, 0.2) is 30.3 Å². The first-order valence-electron chi connectivity index (χ1n) is 9.02. The summed E-state index contributed by atoms with van der Waals surface area (Å²) in [6.07, 6.45) is 6.09. The van der Waals surface area contributed by atoms with Crippen molar-refractivity contribution >= 4 is 30.7 Å². The number of piperidine rings is 1. The first-order valence-corrected chi connectivity index (χ1v) is 9.02. The molecule has 1 aromatic rings. The summed E-state index contributed by atoms with van der Waals surface area (Å²) in [7, 11) is 0. The van der Waals surface area contributed by atoms with E-state index in [-0.39, 0.29) is 36.8 Å². The fraction of sp³-hybridized carbons (Fsp3) is 0.632. The van der Waals surface area contributed by atoms with Gasteiger partial charge in [0.1, 0.15) is 0 Å². The van der Waals surface area contributed by atoms with E-state index in [4.69, 9.17) is 5.73 Å². The topological polar surface area (TPSA) is 58.4 Å². The Balaban J connectivity index is 0.00000156. The van der Waals surface area contributed by atoms with Gasteiger partial charge in [-0.15, -0.1) is 24.8 Å². The van der Waals surface area contributed by atoms with Crippen molar-refractivity contribution in [2.24, 2.45) is 11.7 Å². The SMILES string of the molecule is Cl.Cl.N[C@@H]1CCC[C@H]1CC(=O)NC1CCN(Cc2ccccc2)CC1. The Labute approximate surface area is 163 Å². The van der Waals surface area contributed by atoms with E-state index in [0.717, 1.165) is 45.3 Å². The highest BCUT2D eigenvalue weighted by Gasteiger charge is 2.27. The summed E-state index contributed by atoms with van der Waals surface area (Å²) in [5, 5.41) is 3.23. The molecule has 0 bridgehead atoms. The number of hydrogen-bond acceptors (Lipinski definition) is 3. The van der Waals surface area contributed by atoms with Gasteiger partial charge in [-0.05, 0) is 37.2 Å². The lowest BCUT2D eigenvalue weighted by atomic mass is 9.98. The smallest absolute Gasteiger partial charge is 0.220 e. The van der Waals surface area contributed by atoms with Crippen molar-refractivity contribution < 1.29 is 4.79 Å². The van der Waals surface area contributed by atoms with Crippen LogP contribution in [-0.4, -0.2) is 36.0 Å². The lowest BCUT2D eigenvalue weighted by molar-refractivity contribution is -0.123. The molecule has 3 rings (SSSR count). The minimum atomic E-state index is 0. The van der Waals surface area contributed by atoms with Crippen molar-refractivity contribution in [1.29, 1.82) is 0 Å². The Hall–Kier alpha value is -0.810. The Bertz CT molecular complexity index is 507. The number of carbonyl (C=O) groups is 1. The van der Waals surface area contributed by atoms with Gasteiger partial charge in [-0.1, -0.05) is 36.8 Å². The van der Waals surface area contributed by atoms with E-state index < -0.39 is 0 Å². The largest absolute Gasteiger partial charge is 0.353 e. The molecule has 1 amide bonds. The van der Waals surface area contributed by atoms with E-state index in [1.54, 1.807) is 0 Å². The normalized spacial score (nSPS) is 24.2. The number of amides is 1. The fourth-order valence-electron chi connectivity index (χ4n) is 3.92. The number of rotatable bonds is 5. The predicted octanol–water partition coefficient (Wildman–Crippen LogP) is 3.13. The summed E-state index contributed by atoms with van der Waals surface area (Å²) in [6.45, 7) is 3.13. The van der Waals surface area contributed by atoms with Gasteiger partial charge < -0.3 is 11.1 Å². The van der Waals surface area contributed by atoms with Gasteiger partial charge in [0.25, 0.3) is 0 Å². The molecule has 6 heteroatoms. The second kappa shape index (κ2) is 11.0. The Morgan fingerprint density at radius 3 is 2.36 bits per heavy atom. The van der Waals surface area contributed by atoms with Crippen LogP contribution >= 0.6 is 24.8 Å². The van der Waals surface area contributed by atoms with Crippen molar-refractivity contribution in [3.8, 4) is 0 Å². The molecule has 0 spiro atoms. The van der Waals surface area contributed by atoms with Crippen LogP contribution in [0.3, 0.4) is 0 Å². The zero-order valence-corrected chi connectivity index (χ0v) is 16.4. The maximum Gasteiger partial charge on any atom is 0.220 e. The third-order valence-corrected chi connectivity index (χ3v) is 5.37. The zero-order valence-electron chi connectivity index (χ0n) is 14.7. The van der Waals surface area contributed by atoms with Gasteiger partial charge in [0.05, 0.1) is 0 Å². The van der Waals surface area contributed by atoms with Crippen LogP contribution in [-0.2, 0) is 11.3 Å². The summed E-state index contributed by atoms with van der Waals surface area (Å²) in [5.41, 5.74) is 7.43. The van der Waals surface area contributed by atoms with Crippen molar-refractivity contribution in [1.82, 2.24) is 10.2 Å². The monoisotopic (exact) mass is 387 g/mol. The lowest BCUT2D eigenvalue weighted by Gasteiger charge is -2.32. The second-order valence-electron chi connectivity index (χ2n) is 7.16. The number of nitrogens with one attached hydrogen (secondary N) is 1. The van der Waals surface area contributed by atoms with Crippen molar-refractivity contribution in [2.45, 2.75) is 57.2 Å². The van der Waals surface area contributed by atoms with E-state index in [1.165, 1.54) is 12.0 Å². The van der Waals surface area contributed by atoms with Crippen LogP contribution in [0.4, 0.5) is 0 Å². The molecule has 2 fully saturated rings. The molecule has 1 aliphatic carbocycles. The quantitative estimate of drug-likeness (QED) is 0.815. The van der Waals surface area contributed by atoms with Crippen molar-refractivity contribution in [3.63, 3.8) is 0 Å². The summed E-state index contributed by atoms with van der Waals surface area (Å²) in [4.78, 5) is 14.7. The standard InChI is InChI=1S/C19H29N3O.2ClH/c20-18-8-4-7-16(18)13-19(23)21-17-9-11-22(12-10-17)14-15-5-2-1-3-6-15;;/h1-3,5-6,16-18H,4,7-14,20H2,(H,21,23);2*1H/t16-,18+;;/m0../s1. The second-order valence-corrected chi connectivity index (χ2v) is 7.16. The highest BCUT2D eigenvalue weighted by atomic mass is 35.5. The third-order valence-electron chi connectivity index (χ3n) is 5.37. The average Bonchev–Trinajstić information content (AvgIpc) is 2.95. The molecule has 1 saturated heterocycles. The molecule has 1 aromatic carbocycles. The highest BCUT2D eigenvalue weighted by molar-refractivity contribution is 5.85. The molecular formula is C19H31Cl2N3O. The van der Waals surface area contributed by atoms with Gasteiger partial charge >= 0.3 is 0 Å². The van der Waals surface area contributed by atoms with Crippen LogP contribution in [0.5, 0.6) is 0 Å². The van der Waals surface area contributed by atoms with Crippen LogP contribution in [0.1, 0.15) is 44.1 Å². The maximum atomic E-state index is 12.2. The number of nitrogens with two attached hydrogens (primary N) is 1. The lowest BCUT2D eigenvalue weighted by Crippen LogP contribution is -2.45. The van der Waals surface area contributed by atoms with E-state index in [0.29, 0.717) is 18.4 Å². The van der Waals surface area contributed by atoms with Crippen LogP contribution < -0.4 is 11.1 Å². The minimum absolute atomic E-state index is 0. The van der Waals surface area contributed by atoms with Gasteiger partial charge in [-0.25, -0.2) is 0 Å². The van der Waals surface area contributed by atoms with Crippen molar-refractivity contribution in [2.75, 3.05) is 13.1 Å². The van der Waals surface area contributed by atoms with Gasteiger partial charge in [0.15, 0.2) is 0 Å². The third kappa shape index (κ3) is 6.78. The fourth-order valence-corrected chi connectivity index (χ4v) is 3.92. The molecule has 2 aliphatic rings. The van der Waals surface area contributed by atoms with E-state index in [9.17, 15) is 4.79 Å². The molecule has 1 aliphatic heterocycles. The molecule has 2 atom stereocenters. The van der Waals surface area contributed by atoms with Crippen molar-refractivity contribution in [3.05, 3.63) is 35.9 Å². The Kier molecular flexibility index (Phi) is 9.80. The van der Waals surface area contributed by atoms with Gasteiger partial charge in [-0.2, -0.15) is 0 Å². The number of carbonyl (C=O) groups excluding carboxylic acids is 1. The summed E-state index contributed by atoms with van der Waals surface area (Å²) < 4.78 is 0. The maximum absolute atomic E-state index is 12.2. The van der Waals surface area contributed by atoms with Gasteiger partial charge in [0, 0.05) is 38.1 Å². The van der Waals surface area contributed by atoms with E-state index >= 15 is 0 Å². The molecule has 0 unspecified atom stereocenters. The molecule has 0 aromatic heterocycles. The number of nitrogens with zero attached hydrogens (tertiary/aromatic N) is 1. The highest BCUT2D eigenvalue weighted by Crippen LogP contribution is 2.26. The van der Waals surface area contributed by atoms with Crippen LogP contribution in [0.25, 0.3) is 0 Å².